The first kappa shape index (κ1) is 25.0. The molecule has 0 aliphatic carbocycles. The van der Waals surface area contributed by atoms with Gasteiger partial charge in [0.15, 0.2) is 11.5 Å². The molecule has 2 amide bonds. The summed E-state index contributed by atoms with van der Waals surface area (Å²) in [5.74, 6) is 1.34. The van der Waals surface area contributed by atoms with Crippen molar-refractivity contribution in [3.05, 3.63) is 72.3 Å². The molecule has 0 aromatic heterocycles. The molecule has 3 rings (SSSR count). The van der Waals surface area contributed by atoms with Crippen LogP contribution in [0.25, 0.3) is 0 Å². The van der Waals surface area contributed by atoms with Gasteiger partial charge in [-0.1, -0.05) is 19.1 Å². The monoisotopic (exact) mass is 480 g/mol. The van der Waals surface area contributed by atoms with E-state index in [-0.39, 0.29) is 17.1 Å². The van der Waals surface area contributed by atoms with Crippen LogP contribution in [0.5, 0.6) is 17.2 Å². The molecule has 0 aliphatic rings. The molecule has 34 heavy (non-hydrogen) atoms. The first-order chi connectivity index (χ1) is 16.5. The number of ether oxygens (including phenoxy) is 3. The van der Waals surface area contributed by atoms with Crippen molar-refractivity contribution >= 4 is 35.0 Å². The lowest BCUT2D eigenvalue weighted by atomic mass is 10.2. The third-order valence-electron chi connectivity index (χ3n) is 5.02. The summed E-state index contributed by atoms with van der Waals surface area (Å²) in [7, 11) is 4.65. The Morgan fingerprint density at radius 1 is 0.824 bits per heavy atom. The van der Waals surface area contributed by atoms with Gasteiger partial charge in [-0.05, 0) is 55.0 Å². The van der Waals surface area contributed by atoms with E-state index < -0.39 is 0 Å². The van der Waals surface area contributed by atoms with E-state index in [0.717, 1.165) is 4.90 Å². The van der Waals surface area contributed by atoms with Crippen LogP contribution in [0.4, 0.5) is 11.4 Å². The Morgan fingerprint density at radius 3 is 2.21 bits per heavy atom. The number of methoxy groups -OCH3 is 3. The number of hydrogen-bond acceptors (Lipinski definition) is 6. The fourth-order valence-electron chi connectivity index (χ4n) is 3.24. The Bertz CT molecular complexity index is 1150. The van der Waals surface area contributed by atoms with E-state index in [4.69, 9.17) is 14.2 Å². The lowest BCUT2D eigenvalue weighted by molar-refractivity contribution is -0.115. The molecule has 0 spiro atoms. The number of benzene rings is 3. The first-order valence-electron chi connectivity index (χ1n) is 10.7. The van der Waals surface area contributed by atoms with Crippen LogP contribution in [0, 0.1) is 0 Å². The van der Waals surface area contributed by atoms with Gasteiger partial charge in [0.1, 0.15) is 5.75 Å². The van der Waals surface area contributed by atoms with Crippen LogP contribution in [-0.4, -0.2) is 38.4 Å². The number of carbonyl (C=O) groups is 2. The SMILES string of the molecule is CCC(Sc1cccc(NC(=O)c2ccc(OC)c(OC)c2)c1)C(=O)Nc1cccc(OC)c1. The van der Waals surface area contributed by atoms with Gasteiger partial charge in [0.25, 0.3) is 5.91 Å². The van der Waals surface area contributed by atoms with Crippen molar-refractivity contribution in [3.63, 3.8) is 0 Å². The second-order valence-corrected chi connectivity index (χ2v) is 8.56. The van der Waals surface area contributed by atoms with E-state index in [2.05, 4.69) is 10.6 Å². The fraction of sp³-hybridized carbons (Fsp3) is 0.231. The highest BCUT2D eigenvalue weighted by Gasteiger charge is 2.19. The van der Waals surface area contributed by atoms with Crippen molar-refractivity contribution in [1.29, 1.82) is 0 Å². The molecule has 3 aromatic rings. The van der Waals surface area contributed by atoms with Crippen LogP contribution < -0.4 is 24.8 Å². The first-order valence-corrected chi connectivity index (χ1v) is 11.6. The van der Waals surface area contributed by atoms with Crippen LogP contribution >= 0.6 is 11.8 Å². The zero-order chi connectivity index (χ0) is 24.5. The molecule has 0 bridgehead atoms. The van der Waals surface area contributed by atoms with E-state index >= 15 is 0 Å². The van der Waals surface area contributed by atoms with E-state index in [1.165, 1.54) is 18.9 Å². The average Bonchev–Trinajstić information content (AvgIpc) is 2.87. The third kappa shape index (κ3) is 6.45. The molecule has 0 aliphatic heterocycles. The van der Waals surface area contributed by atoms with Gasteiger partial charge >= 0.3 is 0 Å². The number of carbonyl (C=O) groups excluding carboxylic acids is 2. The molecule has 1 atom stereocenters. The van der Waals surface area contributed by atoms with E-state index in [1.54, 1.807) is 44.6 Å². The molecule has 0 radical (unpaired) electrons. The Morgan fingerprint density at radius 2 is 1.53 bits per heavy atom. The maximum Gasteiger partial charge on any atom is 0.255 e. The van der Waals surface area contributed by atoms with E-state index in [0.29, 0.717) is 40.6 Å². The van der Waals surface area contributed by atoms with Crippen molar-refractivity contribution in [3.8, 4) is 17.2 Å². The normalized spacial score (nSPS) is 11.3. The maximum atomic E-state index is 12.8. The average molecular weight is 481 g/mol. The minimum absolute atomic E-state index is 0.0967. The number of hydrogen-bond donors (Lipinski definition) is 2. The minimum Gasteiger partial charge on any atom is -0.497 e. The maximum absolute atomic E-state index is 12.8. The molecule has 1 unspecified atom stereocenters. The third-order valence-corrected chi connectivity index (χ3v) is 6.37. The summed E-state index contributed by atoms with van der Waals surface area (Å²) >= 11 is 1.44. The molecule has 3 aromatic carbocycles. The van der Waals surface area contributed by atoms with Crippen molar-refractivity contribution < 1.29 is 23.8 Å². The zero-order valence-corrected chi connectivity index (χ0v) is 20.4. The number of amides is 2. The fourth-order valence-corrected chi connectivity index (χ4v) is 4.25. The van der Waals surface area contributed by atoms with Crippen LogP contribution in [0.3, 0.4) is 0 Å². The van der Waals surface area contributed by atoms with Crippen molar-refractivity contribution in [2.45, 2.75) is 23.5 Å². The highest BCUT2D eigenvalue weighted by atomic mass is 32.2. The second-order valence-electron chi connectivity index (χ2n) is 7.29. The number of anilines is 2. The van der Waals surface area contributed by atoms with E-state index in [9.17, 15) is 9.59 Å². The predicted molar refractivity (Wildman–Crippen MR) is 136 cm³/mol. The molecule has 178 valence electrons. The quantitative estimate of drug-likeness (QED) is 0.374. The molecule has 0 saturated carbocycles. The number of nitrogens with one attached hydrogen (secondary N) is 2. The molecular formula is C26H28N2O5S. The summed E-state index contributed by atoms with van der Waals surface area (Å²) < 4.78 is 15.7. The minimum atomic E-state index is -0.303. The number of thioether (sulfide) groups is 1. The molecule has 0 fully saturated rings. The summed E-state index contributed by atoms with van der Waals surface area (Å²) in [5.41, 5.74) is 1.76. The molecule has 8 heteroatoms. The van der Waals surface area contributed by atoms with Gasteiger partial charge in [-0.3, -0.25) is 9.59 Å². The van der Waals surface area contributed by atoms with Gasteiger partial charge in [-0.2, -0.15) is 0 Å². The van der Waals surface area contributed by atoms with Gasteiger partial charge in [-0.25, -0.2) is 0 Å². The Hall–Kier alpha value is -3.65. The zero-order valence-electron chi connectivity index (χ0n) is 19.6. The van der Waals surface area contributed by atoms with Crippen LogP contribution in [-0.2, 0) is 4.79 Å². The van der Waals surface area contributed by atoms with Gasteiger partial charge in [0.05, 0.1) is 26.6 Å². The molecule has 7 nitrogen and oxygen atoms in total. The summed E-state index contributed by atoms with van der Waals surface area (Å²) in [6.45, 7) is 1.96. The van der Waals surface area contributed by atoms with Crippen LogP contribution in [0.1, 0.15) is 23.7 Å². The Balaban J connectivity index is 1.68. The Kier molecular flexibility index (Phi) is 8.81. The van der Waals surface area contributed by atoms with Crippen molar-refractivity contribution in [2.24, 2.45) is 0 Å². The standard InChI is InChI=1S/C26H28N2O5S/c1-5-24(26(30)28-18-8-6-10-20(15-18)31-2)34-21-11-7-9-19(16-21)27-25(29)17-12-13-22(32-3)23(14-17)33-4/h6-16,24H,5H2,1-4H3,(H,27,29)(H,28,30). The largest absolute Gasteiger partial charge is 0.497 e. The van der Waals surface area contributed by atoms with Gasteiger partial charge < -0.3 is 24.8 Å². The lowest BCUT2D eigenvalue weighted by Crippen LogP contribution is -2.24. The summed E-state index contributed by atoms with van der Waals surface area (Å²) in [4.78, 5) is 26.5. The molecule has 2 N–H and O–H groups in total. The summed E-state index contributed by atoms with van der Waals surface area (Å²) in [6.07, 6.45) is 0.642. The second kappa shape index (κ2) is 12.0. The van der Waals surface area contributed by atoms with Crippen LogP contribution in [0.15, 0.2) is 71.6 Å². The van der Waals surface area contributed by atoms with Gasteiger partial charge in [0.2, 0.25) is 5.91 Å². The highest BCUT2D eigenvalue weighted by molar-refractivity contribution is 8.00. The summed E-state index contributed by atoms with van der Waals surface area (Å²) in [6, 6.07) is 19.7. The summed E-state index contributed by atoms with van der Waals surface area (Å²) in [5, 5.41) is 5.54. The smallest absolute Gasteiger partial charge is 0.255 e. The lowest BCUT2D eigenvalue weighted by Gasteiger charge is -2.16. The van der Waals surface area contributed by atoms with Crippen molar-refractivity contribution in [2.75, 3.05) is 32.0 Å². The topological polar surface area (TPSA) is 85.9 Å². The Labute approximate surface area is 203 Å². The van der Waals surface area contributed by atoms with Crippen molar-refractivity contribution in [1.82, 2.24) is 0 Å². The van der Waals surface area contributed by atoms with Crippen LogP contribution in [0.2, 0.25) is 0 Å². The molecule has 0 saturated heterocycles. The highest BCUT2D eigenvalue weighted by Crippen LogP contribution is 2.30. The number of rotatable bonds is 10. The van der Waals surface area contributed by atoms with Gasteiger partial charge in [-0.15, -0.1) is 11.8 Å². The molecule has 0 heterocycles. The van der Waals surface area contributed by atoms with Gasteiger partial charge in [0, 0.05) is 27.9 Å². The predicted octanol–water partition coefficient (Wildman–Crippen LogP) is 5.47. The van der Waals surface area contributed by atoms with E-state index in [1.807, 2.05) is 43.3 Å². The molecular weight excluding hydrogens is 452 g/mol.